The summed E-state index contributed by atoms with van der Waals surface area (Å²) in [4.78, 5) is 18.5. The van der Waals surface area contributed by atoms with Gasteiger partial charge in [0, 0.05) is 37.8 Å². The first-order valence-electron chi connectivity index (χ1n) is 10.8. The number of amides is 1. The minimum atomic E-state index is -0.790. The molecular weight excluding hydrogens is 388 g/mol. The monoisotopic (exact) mass is 414 g/mol. The Morgan fingerprint density at radius 2 is 1.55 bits per heavy atom. The molecule has 3 aromatic rings. The molecule has 158 valence electrons. The average Bonchev–Trinajstić information content (AvgIpc) is 3.12. The maximum atomic E-state index is 12.8. The molecule has 2 heterocycles. The molecule has 1 aliphatic heterocycles. The number of benzene rings is 2. The summed E-state index contributed by atoms with van der Waals surface area (Å²) in [5, 5.41) is 10.9. The van der Waals surface area contributed by atoms with E-state index in [1.54, 1.807) is 17.3 Å². The van der Waals surface area contributed by atoms with Crippen LogP contribution in [0.25, 0.3) is 11.1 Å². The minimum absolute atomic E-state index is 0.0600. The Hall–Kier alpha value is -3.18. The lowest BCUT2D eigenvalue weighted by Gasteiger charge is -2.38. The predicted octanol–water partition coefficient (Wildman–Crippen LogP) is 4.40. The van der Waals surface area contributed by atoms with E-state index in [4.69, 9.17) is 4.74 Å². The van der Waals surface area contributed by atoms with E-state index in [0.29, 0.717) is 39.0 Å². The molecule has 1 aromatic heterocycles. The van der Waals surface area contributed by atoms with Crippen LogP contribution in [0.1, 0.15) is 35.4 Å². The summed E-state index contributed by atoms with van der Waals surface area (Å²) in [6, 6.07) is 20.5. The van der Waals surface area contributed by atoms with E-state index in [-0.39, 0.29) is 12.0 Å². The van der Waals surface area contributed by atoms with Gasteiger partial charge >= 0.3 is 6.09 Å². The first-order valence-corrected chi connectivity index (χ1v) is 10.8. The first kappa shape index (κ1) is 19.8. The van der Waals surface area contributed by atoms with Crippen LogP contribution in [0, 0.1) is 0 Å². The third-order valence-electron chi connectivity index (χ3n) is 6.57. The predicted molar refractivity (Wildman–Crippen MR) is 119 cm³/mol. The van der Waals surface area contributed by atoms with Gasteiger partial charge in [-0.3, -0.25) is 4.98 Å². The smallest absolute Gasteiger partial charge is 0.409 e. The van der Waals surface area contributed by atoms with E-state index in [9.17, 15) is 9.90 Å². The van der Waals surface area contributed by atoms with Crippen molar-refractivity contribution in [2.45, 2.75) is 30.8 Å². The van der Waals surface area contributed by atoms with Crippen molar-refractivity contribution in [2.75, 3.05) is 19.7 Å². The fourth-order valence-electron chi connectivity index (χ4n) is 4.85. The molecule has 2 aromatic carbocycles. The number of carbonyl (C=O) groups is 1. The summed E-state index contributed by atoms with van der Waals surface area (Å²) >= 11 is 0. The summed E-state index contributed by atoms with van der Waals surface area (Å²) in [5.41, 5.74) is 5.13. The van der Waals surface area contributed by atoms with Gasteiger partial charge in [0.05, 0.1) is 5.60 Å². The van der Waals surface area contributed by atoms with Crippen LogP contribution >= 0.6 is 0 Å². The van der Waals surface area contributed by atoms with Crippen molar-refractivity contribution in [2.24, 2.45) is 0 Å². The Morgan fingerprint density at radius 3 is 2.16 bits per heavy atom. The number of carbonyl (C=O) groups excluding carboxylic acids is 1. The Kier molecular flexibility index (Phi) is 5.20. The van der Waals surface area contributed by atoms with Gasteiger partial charge in [0.15, 0.2) is 0 Å². The molecular formula is C26H26N2O3. The van der Waals surface area contributed by atoms with E-state index >= 15 is 0 Å². The fourth-order valence-corrected chi connectivity index (χ4v) is 4.85. The number of rotatable bonds is 4. The number of piperidine rings is 1. The van der Waals surface area contributed by atoms with Crippen molar-refractivity contribution in [1.29, 1.82) is 0 Å². The highest BCUT2D eigenvalue weighted by Crippen LogP contribution is 2.44. The van der Waals surface area contributed by atoms with E-state index in [0.717, 1.165) is 5.56 Å². The van der Waals surface area contributed by atoms with Crippen molar-refractivity contribution in [3.63, 3.8) is 0 Å². The Bertz CT molecular complexity index is 1030. The molecule has 0 atom stereocenters. The zero-order chi connectivity index (χ0) is 21.3. The molecule has 0 bridgehead atoms. The fraction of sp³-hybridized carbons (Fsp3) is 0.308. The first-order chi connectivity index (χ1) is 15.1. The molecule has 5 rings (SSSR count). The Morgan fingerprint density at radius 1 is 0.968 bits per heavy atom. The molecule has 0 spiro atoms. The number of likely N-dealkylation sites (tertiary alicyclic amines) is 1. The van der Waals surface area contributed by atoms with Gasteiger partial charge in [0.2, 0.25) is 0 Å². The van der Waals surface area contributed by atoms with Crippen LogP contribution in [0.2, 0.25) is 0 Å². The number of nitrogens with zero attached hydrogens (tertiary/aromatic N) is 2. The number of aromatic nitrogens is 1. The van der Waals surface area contributed by atoms with Crippen LogP contribution < -0.4 is 0 Å². The van der Waals surface area contributed by atoms with Gasteiger partial charge in [0.1, 0.15) is 6.61 Å². The molecule has 31 heavy (non-hydrogen) atoms. The van der Waals surface area contributed by atoms with Crippen molar-refractivity contribution in [3.8, 4) is 11.1 Å². The average molecular weight is 415 g/mol. The van der Waals surface area contributed by atoms with Crippen molar-refractivity contribution < 1.29 is 14.6 Å². The molecule has 1 saturated heterocycles. The van der Waals surface area contributed by atoms with Gasteiger partial charge in [-0.05, 0) is 52.8 Å². The topological polar surface area (TPSA) is 62.7 Å². The lowest BCUT2D eigenvalue weighted by atomic mass is 9.86. The standard InChI is InChI=1S/C26H26N2O3/c29-25(28-15-11-26(30,12-16-28)17-19-9-13-27-14-10-19)31-18-24-22-7-3-1-5-20(22)21-6-2-4-8-23(21)24/h1-10,13-14,24,30H,11-12,15-18H2. The van der Waals surface area contributed by atoms with Gasteiger partial charge in [0.25, 0.3) is 0 Å². The molecule has 1 N–H and O–H groups in total. The third-order valence-corrected chi connectivity index (χ3v) is 6.57. The van der Waals surface area contributed by atoms with Gasteiger partial charge in [-0.2, -0.15) is 0 Å². The van der Waals surface area contributed by atoms with Crippen molar-refractivity contribution in [1.82, 2.24) is 9.88 Å². The maximum Gasteiger partial charge on any atom is 0.409 e. The highest BCUT2D eigenvalue weighted by molar-refractivity contribution is 5.79. The highest BCUT2D eigenvalue weighted by Gasteiger charge is 2.35. The molecule has 1 amide bonds. The molecule has 0 unspecified atom stereocenters. The Balaban J connectivity index is 1.20. The van der Waals surface area contributed by atoms with Crippen molar-refractivity contribution in [3.05, 3.63) is 89.7 Å². The van der Waals surface area contributed by atoms with E-state index in [2.05, 4.69) is 29.2 Å². The normalized spacial score (nSPS) is 17.1. The number of pyridine rings is 1. The summed E-state index contributed by atoms with van der Waals surface area (Å²) in [6.07, 6.45) is 4.84. The summed E-state index contributed by atoms with van der Waals surface area (Å²) in [6.45, 7) is 1.32. The molecule has 5 nitrogen and oxygen atoms in total. The number of ether oxygens (including phenoxy) is 1. The number of aliphatic hydroxyl groups is 1. The zero-order valence-electron chi connectivity index (χ0n) is 17.4. The summed E-state index contributed by atoms with van der Waals surface area (Å²) in [5.74, 6) is 0.0600. The lowest BCUT2D eigenvalue weighted by molar-refractivity contribution is -0.0200. The largest absolute Gasteiger partial charge is 0.448 e. The van der Waals surface area contributed by atoms with Gasteiger partial charge < -0.3 is 14.7 Å². The van der Waals surface area contributed by atoms with Crippen LogP contribution in [0.15, 0.2) is 73.1 Å². The molecule has 0 saturated carbocycles. The van der Waals surface area contributed by atoms with Gasteiger partial charge in [-0.15, -0.1) is 0 Å². The SMILES string of the molecule is O=C(OCC1c2ccccc2-c2ccccc21)N1CCC(O)(Cc2ccncc2)CC1. The van der Waals surface area contributed by atoms with Crippen LogP contribution in [-0.2, 0) is 11.2 Å². The van der Waals surface area contributed by atoms with Crippen LogP contribution in [-0.4, -0.2) is 46.4 Å². The molecule has 1 aliphatic carbocycles. The summed E-state index contributed by atoms with van der Waals surface area (Å²) in [7, 11) is 0. The third kappa shape index (κ3) is 3.93. The second-order valence-corrected chi connectivity index (χ2v) is 8.55. The maximum absolute atomic E-state index is 12.8. The number of hydrogen-bond donors (Lipinski definition) is 1. The number of hydrogen-bond acceptors (Lipinski definition) is 4. The quantitative estimate of drug-likeness (QED) is 0.687. The molecule has 0 radical (unpaired) electrons. The van der Waals surface area contributed by atoms with Crippen LogP contribution in [0.4, 0.5) is 4.79 Å². The van der Waals surface area contributed by atoms with Gasteiger partial charge in [-0.25, -0.2) is 4.79 Å². The van der Waals surface area contributed by atoms with E-state index in [1.165, 1.54) is 22.3 Å². The second kappa shape index (κ2) is 8.16. The molecule has 5 heteroatoms. The highest BCUT2D eigenvalue weighted by atomic mass is 16.6. The minimum Gasteiger partial charge on any atom is -0.448 e. The number of fused-ring (bicyclic) bond motifs is 3. The zero-order valence-corrected chi connectivity index (χ0v) is 17.4. The Labute approximate surface area is 182 Å². The molecule has 1 fully saturated rings. The van der Waals surface area contributed by atoms with Gasteiger partial charge in [-0.1, -0.05) is 48.5 Å². The van der Waals surface area contributed by atoms with E-state index in [1.807, 2.05) is 36.4 Å². The second-order valence-electron chi connectivity index (χ2n) is 8.55. The van der Waals surface area contributed by atoms with Crippen LogP contribution in [0.3, 0.4) is 0 Å². The van der Waals surface area contributed by atoms with Crippen molar-refractivity contribution >= 4 is 6.09 Å². The molecule has 2 aliphatic rings. The lowest BCUT2D eigenvalue weighted by Crippen LogP contribution is -2.48. The summed E-state index contributed by atoms with van der Waals surface area (Å²) < 4.78 is 5.76. The van der Waals surface area contributed by atoms with Crippen LogP contribution in [0.5, 0.6) is 0 Å². The van der Waals surface area contributed by atoms with E-state index < -0.39 is 5.60 Å².